The van der Waals surface area contributed by atoms with Gasteiger partial charge in [0.15, 0.2) is 0 Å². The van der Waals surface area contributed by atoms with Gasteiger partial charge in [-0.1, -0.05) is 12.2 Å². The van der Waals surface area contributed by atoms with Crippen LogP contribution in [0.15, 0.2) is 24.3 Å². The van der Waals surface area contributed by atoms with E-state index in [1.807, 2.05) is 0 Å². The van der Waals surface area contributed by atoms with Gasteiger partial charge >= 0.3 is 11.9 Å². The van der Waals surface area contributed by atoms with Crippen molar-refractivity contribution in [2.24, 2.45) is 11.8 Å². The fraction of sp³-hybridized carbons (Fsp3) is 0.500. The van der Waals surface area contributed by atoms with Crippen LogP contribution < -0.4 is 0 Å². The van der Waals surface area contributed by atoms with E-state index in [9.17, 15) is 14.4 Å². The molecule has 3 rings (SSSR count). The molecule has 2 bridgehead atoms. The van der Waals surface area contributed by atoms with Crippen molar-refractivity contribution in [3.05, 3.63) is 24.3 Å². The van der Waals surface area contributed by atoms with Gasteiger partial charge in [-0.2, -0.15) is 0 Å². The number of ether oxygens (including phenoxy) is 2. The van der Waals surface area contributed by atoms with Crippen LogP contribution in [0.5, 0.6) is 0 Å². The molecule has 0 spiro atoms. The molecule has 1 fully saturated rings. The zero-order chi connectivity index (χ0) is 14.9. The van der Waals surface area contributed by atoms with E-state index in [1.54, 1.807) is 13.1 Å². The number of rotatable bonds is 4. The first-order chi connectivity index (χ1) is 9.49. The highest BCUT2D eigenvalue weighted by Crippen LogP contribution is 2.38. The Kier molecular flexibility index (Phi) is 3.92. The maximum atomic E-state index is 12.3. The fourth-order valence-electron chi connectivity index (χ4n) is 2.62. The minimum Gasteiger partial charge on any atom is -0.466 e. The fourth-order valence-corrected chi connectivity index (χ4v) is 2.62. The number of hydrogen-bond acceptors (Lipinski definition) is 5. The van der Waals surface area contributed by atoms with Gasteiger partial charge in [-0.05, 0) is 0 Å². The highest BCUT2D eigenvalue weighted by Gasteiger charge is 2.49. The highest BCUT2D eigenvalue weighted by molar-refractivity contribution is 5.96. The van der Waals surface area contributed by atoms with Crippen molar-refractivity contribution in [1.29, 1.82) is 0 Å². The third kappa shape index (κ3) is 2.33. The smallest absolute Gasteiger partial charge is 0.337 e. The molecule has 0 N–H and O–H groups in total. The van der Waals surface area contributed by atoms with Gasteiger partial charge in [0.2, 0.25) is 5.91 Å². The van der Waals surface area contributed by atoms with Crippen molar-refractivity contribution in [2.45, 2.75) is 12.5 Å². The number of hydrogen-bond donors (Lipinski definition) is 0. The third-order valence-electron chi connectivity index (χ3n) is 3.66. The molecule has 0 aromatic heterocycles. The van der Waals surface area contributed by atoms with Crippen LogP contribution in [-0.2, 0) is 23.9 Å². The number of nitrogens with zero attached hydrogens (tertiary/aromatic N) is 1. The predicted molar refractivity (Wildman–Crippen MR) is 69.4 cm³/mol. The van der Waals surface area contributed by atoms with Crippen molar-refractivity contribution >= 4 is 17.8 Å². The van der Waals surface area contributed by atoms with E-state index in [0.717, 1.165) is 0 Å². The van der Waals surface area contributed by atoms with E-state index >= 15 is 0 Å². The molecule has 3 atom stereocenters. The van der Waals surface area contributed by atoms with Crippen molar-refractivity contribution in [3.8, 4) is 0 Å². The molecule has 0 aromatic carbocycles. The molecule has 3 unspecified atom stereocenters. The zero-order valence-electron chi connectivity index (χ0n) is 11.5. The summed E-state index contributed by atoms with van der Waals surface area (Å²) in [6.07, 6.45) is 2.76. The number of carbonyl (C=O) groups excluding carboxylic acids is 3. The van der Waals surface area contributed by atoms with E-state index in [1.165, 1.54) is 18.1 Å². The lowest BCUT2D eigenvalue weighted by Gasteiger charge is -2.39. The van der Waals surface area contributed by atoms with Crippen molar-refractivity contribution < 1.29 is 23.9 Å². The van der Waals surface area contributed by atoms with E-state index in [4.69, 9.17) is 4.74 Å². The molecule has 20 heavy (non-hydrogen) atoms. The van der Waals surface area contributed by atoms with E-state index in [2.05, 4.69) is 11.3 Å². The van der Waals surface area contributed by atoms with Crippen LogP contribution in [0, 0.1) is 11.8 Å². The number of fused-ring (bicyclic) bond motifs is 2. The van der Waals surface area contributed by atoms with Gasteiger partial charge in [0.25, 0.3) is 0 Å². The third-order valence-corrected chi connectivity index (χ3v) is 3.66. The molecular weight excluding hydrogens is 262 g/mol. The number of likely N-dealkylation sites (N-methyl/N-ethyl adjacent to an activating group) is 1. The molecule has 1 amide bonds. The van der Waals surface area contributed by atoms with Crippen LogP contribution in [0.2, 0.25) is 0 Å². The average Bonchev–Trinajstić information content (AvgIpc) is 2.45. The minimum atomic E-state index is -0.714. The van der Waals surface area contributed by atoms with Gasteiger partial charge in [0, 0.05) is 20.0 Å². The monoisotopic (exact) mass is 279 g/mol. The van der Waals surface area contributed by atoms with Crippen LogP contribution in [0.4, 0.5) is 0 Å². The van der Waals surface area contributed by atoms with Crippen LogP contribution in [0.1, 0.15) is 6.42 Å². The molecule has 6 nitrogen and oxygen atoms in total. The summed E-state index contributed by atoms with van der Waals surface area (Å²) in [7, 11) is 2.93. The standard InChI is InChI=1S/C14H17NO5/c1-4-5-15(2)12(16)8-7-11-10(13(17)19-3)6-9(8)14(18)20-11/h4,6,8-9,11H,1,5,7H2,2-3H3. The van der Waals surface area contributed by atoms with Gasteiger partial charge < -0.3 is 14.4 Å². The van der Waals surface area contributed by atoms with Gasteiger partial charge in [-0.25, -0.2) is 4.79 Å². The lowest BCUT2D eigenvalue weighted by molar-refractivity contribution is -0.168. The molecular formula is C14H17NO5. The van der Waals surface area contributed by atoms with Gasteiger partial charge in [0.05, 0.1) is 24.5 Å². The number of amides is 1. The summed E-state index contributed by atoms with van der Waals surface area (Å²) in [5.74, 6) is -2.32. The first-order valence-corrected chi connectivity index (χ1v) is 6.36. The van der Waals surface area contributed by atoms with Crippen molar-refractivity contribution in [2.75, 3.05) is 20.7 Å². The number of carbonyl (C=O) groups is 3. The summed E-state index contributed by atoms with van der Waals surface area (Å²) < 4.78 is 9.79. The second-order valence-corrected chi connectivity index (χ2v) is 4.91. The summed E-state index contributed by atoms with van der Waals surface area (Å²) in [6.45, 7) is 3.99. The molecule has 1 aliphatic carbocycles. The lowest BCUT2D eigenvalue weighted by atomic mass is 9.76. The summed E-state index contributed by atoms with van der Waals surface area (Å²) in [5, 5.41) is 0. The Balaban J connectivity index is 2.23. The largest absolute Gasteiger partial charge is 0.466 e. The van der Waals surface area contributed by atoms with Crippen LogP contribution in [0.3, 0.4) is 0 Å². The molecule has 2 aliphatic heterocycles. The topological polar surface area (TPSA) is 72.9 Å². The molecule has 1 saturated heterocycles. The highest BCUT2D eigenvalue weighted by atomic mass is 16.6. The minimum absolute atomic E-state index is 0.142. The molecule has 108 valence electrons. The quantitative estimate of drug-likeness (QED) is 0.546. The maximum absolute atomic E-state index is 12.3. The van der Waals surface area contributed by atoms with Crippen LogP contribution >= 0.6 is 0 Å². The van der Waals surface area contributed by atoms with Gasteiger partial charge in [0.1, 0.15) is 6.10 Å². The van der Waals surface area contributed by atoms with Crippen molar-refractivity contribution in [1.82, 2.24) is 4.90 Å². The molecule has 3 aliphatic rings. The average molecular weight is 279 g/mol. The lowest BCUT2D eigenvalue weighted by Crippen LogP contribution is -2.50. The maximum Gasteiger partial charge on any atom is 0.337 e. The Morgan fingerprint density at radius 2 is 2.30 bits per heavy atom. The Bertz CT molecular complexity index is 496. The van der Waals surface area contributed by atoms with E-state index < -0.39 is 29.9 Å². The molecule has 0 radical (unpaired) electrons. The zero-order valence-corrected chi connectivity index (χ0v) is 11.5. The molecule has 2 heterocycles. The summed E-state index contributed by atoms with van der Waals surface area (Å²) >= 11 is 0. The number of methoxy groups -OCH3 is 1. The van der Waals surface area contributed by atoms with Crippen LogP contribution in [0.25, 0.3) is 0 Å². The SMILES string of the molecule is C=CCN(C)C(=O)C1CC2OC(=O)C1C=C2C(=O)OC. The summed E-state index contributed by atoms with van der Waals surface area (Å²) in [6, 6.07) is 0. The Labute approximate surface area is 117 Å². The molecule has 6 heteroatoms. The predicted octanol–water partition coefficient (Wildman–Crippen LogP) is 0.292. The van der Waals surface area contributed by atoms with Gasteiger partial charge in [-0.3, -0.25) is 9.59 Å². The first-order valence-electron chi connectivity index (χ1n) is 6.36. The number of esters is 2. The summed E-state index contributed by atoms with van der Waals surface area (Å²) in [5.41, 5.74) is 0.326. The Morgan fingerprint density at radius 3 is 2.85 bits per heavy atom. The first kappa shape index (κ1) is 14.3. The van der Waals surface area contributed by atoms with Crippen LogP contribution in [-0.4, -0.2) is 49.6 Å². The van der Waals surface area contributed by atoms with E-state index in [0.29, 0.717) is 18.5 Å². The van der Waals surface area contributed by atoms with Crippen molar-refractivity contribution in [3.63, 3.8) is 0 Å². The molecule has 0 aromatic rings. The van der Waals surface area contributed by atoms with Gasteiger partial charge in [-0.15, -0.1) is 6.58 Å². The Hall–Kier alpha value is -2.11. The normalized spacial score (nSPS) is 27.4. The second kappa shape index (κ2) is 5.48. The Morgan fingerprint density at radius 1 is 1.60 bits per heavy atom. The van der Waals surface area contributed by atoms with E-state index in [-0.39, 0.29) is 5.91 Å². The summed E-state index contributed by atoms with van der Waals surface area (Å²) in [4.78, 5) is 37.2. The second-order valence-electron chi connectivity index (χ2n) is 4.91. The molecule has 0 saturated carbocycles.